The monoisotopic (exact) mass is 275 g/mol. The van der Waals surface area contributed by atoms with E-state index in [1.165, 1.54) is 0 Å². The number of nitrogens with one attached hydrogen (secondary N) is 1. The number of aromatic nitrogens is 2. The van der Waals surface area contributed by atoms with Gasteiger partial charge in [0.1, 0.15) is 0 Å². The second-order valence-electron chi connectivity index (χ2n) is 4.37. The first-order valence-electron chi connectivity index (χ1n) is 5.02. The van der Waals surface area contributed by atoms with Crippen LogP contribution in [0.5, 0.6) is 0 Å². The van der Waals surface area contributed by atoms with Gasteiger partial charge in [-0.25, -0.2) is 0 Å². The molecule has 0 aromatic carbocycles. The van der Waals surface area contributed by atoms with Gasteiger partial charge in [-0.3, -0.25) is 4.68 Å². The molecule has 1 heterocycles. The van der Waals surface area contributed by atoms with Gasteiger partial charge in [0.2, 0.25) is 0 Å². The normalized spacial score (nSPS) is 15.6. The Morgan fingerprint density at radius 1 is 1.67 bits per heavy atom. The van der Waals surface area contributed by atoms with Crippen LogP contribution in [0.4, 0.5) is 0 Å². The van der Waals surface area contributed by atoms with Crippen molar-refractivity contribution in [2.24, 2.45) is 0 Å². The first kappa shape index (κ1) is 12.7. The summed E-state index contributed by atoms with van der Waals surface area (Å²) in [6, 6.07) is 0.334. The molecule has 15 heavy (non-hydrogen) atoms. The smallest absolute Gasteiger partial charge is 0.0632 e. The maximum absolute atomic E-state index is 9.39. The van der Waals surface area contributed by atoms with E-state index in [1.54, 1.807) is 6.20 Å². The summed E-state index contributed by atoms with van der Waals surface area (Å²) in [7, 11) is 0. The Morgan fingerprint density at radius 3 is 2.73 bits per heavy atom. The van der Waals surface area contributed by atoms with E-state index in [-0.39, 0.29) is 12.1 Å². The van der Waals surface area contributed by atoms with Gasteiger partial charge in [-0.2, -0.15) is 5.10 Å². The fraction of sp³-hybridized carbons (Fsp3) is 0.700. The molecule has 4 nitrogen and oxygen atoms in total. The molecule has 5 heteroatoms. The zero-order chi connectivity index (χ0) is 11.5. The Morgan fingerprint density at radius 2 is 2.33 bits per heavy atom. The molecule has 1 aromatic rings. The molecule has 0 aliphatic heterocycles. The zero-order valence-electron chi connectivity index (χ0n) is 9.37. The average molecular weight is 276 g/mol. The van der Waals surface area contributed by atoms with E-state index in [1.807, 2.05) is 17.8 Å². The minimum Gasteiger partial charge on any atom is -0.394 e. The minimum absolute atomic E-state index is 0.0860. The summed E-state index contributed by atoms with van der Waals surface area (Å²) in [6.07, 6.45) is 3.64. The fourth-order valence-electron chi connectivity index (χ4n) is 1.62. The van der Waals surface area contributed by atoms with Crippen molar-refractivity contribution < 1.29 is 5.11 Å². The van der Waals surface area contributed by atoms with Crippen molar-refractivity contribution in [2.75, 3.05) is 6.61 Å². The highest BCUT2D eigenvalue weighted by atomic mass is 79.9. The highest BCUT2D eigenvalue weighted by Crippen LogP contribution is 2.11. The second kappa shape index (κ2) is 5.09. The summed E-state index contributed by atoms with van der Waals surface area (Å²) in [5.74, 6) is 0. The maximum Gasteiger partial charge on any atom is 0.0632 e. The van der Waals surface area contributed by atoms with Gasteiger partial charge in [0.25, 0.3) is 0 Å². The molecule has 1 atom stereocenters. The number of aliphatic hydroxyl groups is 1. The highest BCUT2D eigenvalue weighted by Gasteiger charge is 2.24. The van der Waals surface area contributed by atoms with Crippen molar-refractivity contribution >= 4 is 15.9 Å². The summed E-state index contributed by atoms with van der Waals surface area (Å²) in [4.78, 5) is 0. The number of rotatable bonds is 5. The molecule has 0 aliphatic rings. The molecule has 1 unspecified atom stereocenters. The van der Waals surface area contributed by atoms with Crippen molar-refractivity contribution in [3.8, 4) is 0 Å². The maximum atomic E-state index is 9.39. The Bertz CT molecular complexity index is 313. The Balaban J connectivity index is 2.67. The molecular formula is C10H18BrN3O. The van der Waals surface area contributed by atoms with E-state index >= 15 is 0 Å². The van der Waals surface area contributed by atoms with E-state index in [0.717, 1.165) is 4.47 Å². The lowest BCUT2D eigenvalue weighted by atomic mass is 10.0. The van der Waals surface area contributed by atoms with Crippen LogP contribution in [0, 0.1) is 0 Å². The molecule has 86 valence electrons. The summed E-state index contributed by atoms with van der Waals surface area (Å²) in [5.41, 5.74) is -0.334. The van der Waals surface area contributed by atoms with Crippen molar-refractivity contribution in [3.63, 3.8) is 0 Å². The van der Waals surface area contributed by atoms with Crippen LogP contribution in [0.1, 0.15) is 20.8 Å². The van der Waals surface area contributed by atoms with Gasteiger partial charge in [0, 0.05) is 12.2 Å². The predicted octanol–water partition coefficient (Wildman–Crippen LogP) is 1.39. The van der Waals surface area contributed by atoms with Crippen LogP contribution in [-0.4, -0.2) is 33.1 Å². The van der Waals surface area contributed by atoms with Crippen LogP contribution >= 0.6 is 15.9 Å². The van der Waals surface area contributed by atoms with Gasteiger partial charge in [-0.15, -0.1) is 0 Å². The van der Waals surface area contributed by atoms with Gasteiger partial charge < -0.3 is 10.4 Å². The Hall–Kier alpha value is -0.390. The molecular weight excluding hydrogens is 258 g/mol. The van der Waals surface area contributed by atoms with Gasteiger partial charge >= 0.3 is 0 Å². The molecule has 0 saturated heterocycles. The topological polar surface area (TPSA) is 50.1 Å². The van der Waals surface area contributed by atoms with Crippen LogP contribution in [0.15, 0.2) is 16.9 Å². The Kier molecular flexibility index (Phi) is 4.31. The number of aliphatic hydroxyl groups excluding tert-OH is 1. The number of nitrogens with zero attached hydrogens (tertiary/aromatic N) is 2. The summed E-state index contributed by atoms with van der Waals surface area (Å²) < 4.78 is 2.77. The molecule has 0 fully saturated rings. The molecule has 1 aromatic heterocycles. The molecule has 0 aliphatic carbocycles. The first-order valence-corrected chi connectivity index (χ1v) is 5.81. The zero-order valence-corrected chi connectivity index (χ0v) is 11.0. The van der Waals surface area contributed by atoms with Crippen molar-refractivity contribution in [3.05, 3.63) is 16.9 Å². The first-order chi connectivity index (χ1) is 6.95. The fourth-order valence-corrected chi connectivity index (χ4v) is 1.95. The number of hydrogen-bond acceptors (Lipinski definition) is 3. The van der Waals surface area contributed by atoms with Crippen LogP contribution in [0.25, 0.3) is 0 Å². The van der Waals surface area contributed by atoms with Gasteiger partial charge in [-0.1, -0.05) is 13.8 Å². The lowest BCUT2D eigenvalue weighted by molar-refractivity contribution is 0.144. The third kappa shape index (κ3) is 3.93. The van der Waals surface area contributed by atoms with Crippen molar-refractivity contribution in [1.29, 1.82) is 0 Å². The highest BCUT2D eigenvalue weighted by molar-refractivity contribution is 9.10. The standard InChI is InChI=1S/C10H18BrN3O/c1-8(2)13-10(3,7-15)6-14-5-9(11)4-12-14/h4-5,8,13,15H,6-7H2,1-3H3. The molecule has 0 bridgehead atoms. The molecule has 2 N–H and O–H groups in total. The molecule has 0 spiro atoms. The molecule has 0 radical (unpaired) electrons. The van der Waals surface area contributed by atoms with E-state index in [4.69, 9.17) is 0 Å². The van der Waals surface area contributed by atoms with E-state index < -0.39 is 0 Å². The Labute approximate surface area is 98.8 Å². The third-order valence-electron chi connectivity index (χ3n) is 2.10. The van der Waals surface area contributed by atoms with Crippen LogP contribution < -0.4 is 5.32 Å². The molecule has 1 rings (SSSR count). The summed E-state index contributed by atoms with van der Waals surface area (Å²) in [6.45, 7) is 6.85. The molecule has 0 saturated carbocycles. The lowest BCUT2D eigenvalue weighted by Gasteiger charge is -2.30. The summed E-state index contributed by atoms with van der Waals surface area (Å²) >= 11 is 3.35. The second-order valence-corrected chi connectivity index (χ2v) is 5.29. The average Bonchev–Trinajstić information content (AvgIpc) is 2.49. The SMILES string of the molecule is CC(C)NC(C)(CO)Cn1cc(Br)cn1. The van der Waals surface area contributed by atoms with Crippen molar-refractivity contribution in [2.45, 2.75) is 38.9 Å². The largest absolute Gasteiger partial charge is 0.394 e. The van der Waals surface area contributed by atoms with Crippen LogP contribution in [-0.2, 0) is 6.54 Å². The summed E-state index contributed by atoms with van der Waals surface area (Å²) in [5, 5.41) is 16.9. The van der Waals surface area contributed by atoms with E-state index in [2.05, 4.69) is 40.2 Å². The number of halogens is 1. The predicted molar refractivity (Wildman–Crippen MR) is 63.7 cm³/mol. The van der Waals surface area contributed by atoms with E-state index in [9.17, 15) is 5.11 Å². The van der Waals surface area contributed by atoms with Gasteiger partial charge in [0.15, 0.2) is 0 Å². The number of hydrogen-bond donors (Lipinski definition) is 2. The third-order valence-corrected chi connectivity index (χ3v) is 2.51. The lowest BCUT2D eigenvalue weighted by Crippen LogP contribution is -2.52. The van der Waals surface area contributed by atoms with Crippen LogP contribution in [0.2, 0.25) is 0 Å². The van der Waals surface area contributed by atoms with Gasteiger partial charge in [-0.05, 0) is 22.9 Å². The van der Waals surface area contributed by atoms with E-state index in [0.29, 0.717) is 12.6 Å². The van der Waals surface area contributed by atoms with Crippen molar-refractivity contribution in [1.82, 2.24) is 15.1 Å². The minimum atomic E-state index is -0.334. The molecule has 0 amide bonds. The van der Waals surface area contributed by atoms with Gasteiger partial charge in [0.05, 0.1) is 29.4 Å². The quantitative estimate of drug-likeness (QED) is 0.854. The van der Waals surface area contributed by atoms with Crippen LogP contribution in [0.3, 0.4) is 0 Å².